The summed E-state index contributed by atoms with van der Waals surface area (Å²) in [4.78, 5) is 25.0. The number of aromatic nitrogens is 1. The number of nitrogens with zero attached hydrogens (tertiary/aromatic N) is 4. The predicted molar refractivity (Wildman–Crippen MR) is 133 cm³/mol. The molecular formula is C27H28N4O3. The molecule has 1 atom stereocenters. The van der Waals surface area contributed by atoms with Crippen molar-refractivity contribution in [2.45, 2.75) is 19.6 Å². The number of pyridine rings is 1. The molecule has 1 aromatic heterocycles. The second-order valence-corrected chi connectivity index (χ2v) is 8.74. The van der Waals surface area contributed by atoms with E-state index in [0.717, 1.165) is 59.8 Å². The molecule has 7 heteroatoms. The summed E-state index contributed by atoms with van der Waals surface area (Å²) in [6, 6.07) is 18.1. The summed E-state index contributed by atoms with van der Waals surface area (Å²) in [5, 5.41) is 10.5. The van der Waals surface area contributed by atoms with E-state index in [0.29, 0.717) is 13.1 Å². The van der Waals surface area contributed by atoms with Crippen molar-refractivity contribution in [1.29, 1.82) is 0 Å². The number of fused-ring (bicyclic) bond motifs is 1. The summed E-state index contributed by atoms with van der Waals surface area (Å²) in [7, 11) is 0. The highest BCUT2D eigenvalue weighted by molar-refractivity contribution is 5.89. The maximum Gasteiger partial charge on any atom is 0.251 e. The van der Waals surface area contributed by atoms with Crippen LogP contribution in [0.4, 0.5) is 0 Å². The van der Waals surface area contributed by atoms with Crippen LogP contribution in [-0.4, -0.2) is 70.8 Å². The maximum absolute atomic E-state index is 11.9. The molecule has 1 fully saturated rings. The highest BCUT2D eigenvalue weighted by atomic mass is 16.5. The first-order valence-electron chi connectivity index (χ1n) is 11.6. The Morgan fingerprint density at radius 2 is 1.79 bits per heavy atom. The fourth-order valence-corrected chi connectivity index (χ4v) is 4.32. The van der Waals surface area contributed by atoms with Crippen LogP contribution in [0.15, 0.2) is 65.7 Å². The maximum atomic E-state index is 11.9. The first kappa shape index (κ1) is 22.3. The number of rotatable bonds is 6. The van der Waals surface area contributed by atoms with Gasteiger partial charge < -0.3 is 14.7 Å². The van der Waals surface area contributed by atoms with E-state index >= 15 is 0 Å². The van der Waals surface area contributed by atoms with E-state index in [1.165, 1.54) is 12.5 Å². The van der Waals surface area contributed by atoms with E-state index in [1.54, 1.807) is 4.90 Å². The Labute approximate surface area is 199 Å². The summed E-state index contributed by atoms with van der Waals surface area (Å²) < 4.78 is 6.07. The van der Waals surface area contributed by atoms with Gasteiger partial charge in [0, 0.05) is 44.3 Å². The monoisotopic (exact) mass is 456 g/mol. The zero-order chi connectivity index (χ0) is 23.5. The third-order valence-corrected chi connectivity index (χ3v) is 6.25. The molecular weight excluding hydrogens is 428 g/mol. The number of aliphatic hydroxyl groups excluding tert-OH is 1. The average molecular weight is 457 g/mol. The molecule has 3 aromatic rings. The molecule has 7 nitrogen and oxygen atoms in total. The van der Waals surface area contributed by atoms with Crippen molar-refractivity contribution in [3.05, 3.63) is 71.9 Å². The number of aliphatic hydroxyl groups is 1. The zero-order valence-electron chi connectivity index (χ0n) is 19.2. The lowest BCUT2D eigenvalue weighted by Gasteiger charge is -2.35. The van der Waals surface area contributed by atoms with Crippen LogP contribution >= 0.6 is 0 Å². The fraction of sp³-hybridized carbons (Fsp3) is 0.296. The van der Waals surface area contributed by atoms with E-state index in [4.69, 9.17) is 9.72 Å². The minimum atomic E-state index is -0.938. The number of hydrogen-bond acceptors (Lipinski definition) is 6. The highest BCUT2D eigenvalue weighted by Gasteiger charge is 2.23. The second kappa shape index (κ2) is 9.75. The Hall–Kier alpha value is -3.55. The Balaban J connectivity index is 1.20. The summed E-state index contributed by atoms with van der Waals surface area (Å²) in [5.41, 5.74) is 4.30. The van der Waals surface area contributed by atoms with Crippen LogP contribution in [-0.2, 0) is 11.3 Å². The average Bonchev–Trinajstić information content (AvgIpc) is 3.40. The van der Waals surface area contributed by atoms with Gasteiger partial charge in [-0.05, 0) is 60.5 Å². The largest absolute Gasteiger partial charge is 0.457 e. The topological polar surface area (TPSA) is 78.3 Å². The van der Waals surface area contributed by atoms with Gasteiger partial charge >= 0.3 is 0 Å². The van der Waals surface area contributed by atoms with E-state index in [1.807, 2.05) is 48.7 Å². The number of piperazine rings is 1. The number of aliphatic imine (C=N–C) groups is 1. The smallest absolute Gasteiger partial charge is 0.251 e. The zero-order valence-corrected chi connectivity index (χ0v) is 19.2. The Bertz CT molecular complexity index is 1240. The molecule has 3 heterocycles. The molecule has 0 radical (unpaired) electrons. The van der Waals surface area contributed by atoms with Crippen molar-refractivity contribution in [3.8, 4) is 11.5 Å². The first-order chi connectivity index (χ1) is 16.5. The van der Waals surface area contributed by atoms with E-state index in [2.05, 4.69) is 28.1 Å². The summed E-state index contributed by atoms with van der Waals surface area (Å²) in [6.45, 7) is 5.79. The highest BCUT2D eigenvalue weighted by Crippen LogP contribution is 2.27. The van der Waals surface area contributed by atoms with Crippen molar-refractivity contribution in [3.63, 3.8) is 0 Å². The molecule has 2 aliphatic heterocycles. The number of ether oxygens (including phenoxy) is 1. The second-order valence-electron chi connectivity index (χ2n) is 8.74. The van der Waals surface area contributed by atoms with Gasteiger partial charge in [-0.1, -0.05) is 18.2 Å². The SMILES string of the molecule is C[C@H](O)C(=O)N1CCN(Cc2ccc3cc(Oc4ccc(C5=CC=NC5)cc4)ccc3n2)CC1. The molecule has 2 aliphatic rings. The lowest BCUT2D eigenvalue weighted by atomic mass is 10.1. The van der Waals surface area contributed by atoms with Gasteiger partial charge in [-0.25, -0.2) is 0 Å². The van der Waals surface area contributed by atoms with Gasteiger partial charge in [0.25, 0.3) is 5.91 Å². The van der Waals surface area contributed by atoms with E-state index in [9.17, 15) is 9.90 Å². The van der Waals surface area contributed by atoms with Gasteiger partial charge in [-0.2, -0.15) is 0 Å². The van der Waals surface area contributed by atoms with E-state index in [-0.39, 0.29) is 5.91 Å². The van der Waals surface area contributed by atoms with Crippen LogP contribution in [0.2, 0.25) is 0 Å². The van der Waals surface area contributed by atoms with Crippen LogP contribution in [0.25, 0.3) is 16.5 Å². The van der Waals surface area contributed by atoms with Crippen LogP contribution in [0, 0.1) is 0 Å². The quantitative estimate of drug-likeness (QED) is 0.614. The number of hydrogen-bond donors (Lipinski definition) is 1. The number of benzene rings is 2. The third kappa shape index (κ3) is 5.00. The van der Waals surface area contributed by atoms with Gasteiger partial charge in [-0.15, -0.1) is 0 Å². The molecule has 174 valence electrons. The molecule has 0 saturated carbocycles. The van der Waals surface area contributed by atoms with Gasteiger partial charge in [0.15, 0.2) is 0 Å². The molecule has 0 aliphatic carbocycles. The number of amides is 1. The van der Waals surface area contributed by atoms with Crippen LogP contribution < -0.4 is 4.74 Å². The Morgan fingerprint density at radius 3 is 2.50 bits per heavy atom. The molecule has 0 unspecified atom stereocenters. The van der Waals surface area contributed by atoms with Crippen LogP contribution in [0.3, 0.4) is 0 Å². The minimum absolute atomic E-state index is 0.196. The van der Waals surface area contributed by atoms with E-state index < -0.39 is 6.10 Å². The van der Waals surface area contributed by atoms with Crippen molar-refractivity contribution in [2.24, 2.45) is 4.99 Å². The Morgan fingerprint density at radius 1 is 1.03 bits per heavy atom. The molecule has 2 aromatic carbocycles. The molecule has 1 amide bonds. The summed E-state index contributed by atoms with van der Waals surface area (Å²) in [5.74, 6) is 1.37. The lowest BCUT2D eigenvalue weighted by molar-refractivity contribution is -0.141. The van der Waals surface area contributed by atoms with Crippen molar-refractivity contribution < 1.29 is 14.6 Å². The fourth-order valence-electron chi connectivity index (χ4n) is 4.32. The molecule has 0 bridgehead atoms. The number of carbonyl (C=O) groups is 1. The number of carbonyl (C=O) groups excluding carboxylic acids is 1. The normalized spacial score (nSPS) is 17.1. The third-order valence-electron chi connectivity index (χ3n) is 6.25. The summed E-state index contributed by atoms with van der Waals surface area (Å²) in [6.07, 6.45) is 2.95. The molecule has 1 saturated heterocycles. The van der Waals surface area contributed by atoms with Crippen molar-refractivity contribution >= 4 is 28.6 Å². The van der Waals surface area contributed by atoms with Gasteiger partial charge in [0.1, 0.15) is 17.6 Å². The standard InChI is InChI=1S/C27H28N4O3/c1-19(32)27(33)31-14-12-30(13-15-31)18-23-5-2-21-16-25(8-9-26(21)29-23)34-24-6-3-20(4-7-24)22-10-11-28-17-22/h2-11,16,19,32H,12-15,17-18H2,1H3/t19-/m0/s1. The van der Waals surface area contributed by atoms with Crippen LogP contribution in [0.1, 0.15) is 18.2 Å². The van der Waals surface area contributed by atoms with Crippen LogP contribution in [0.5, 0.6) is 11.5 Å². The molecule has 0 spiro atoms. The van der Waals surface area contributed by atoms with Crippen molar-refractivity contribution in [1.82, 2.24) is 14.8 Å². The predicted octanol–water partition coefficient (Wildman–Crippen LogP) is 3.52. The summed E-state index contributed by atoms with van der Waals surface area (Å²) >= 11 is 0. The number of allylic oxidation sites excluding steroid dienone is 1. The molecule has 5 rings (SSSR count). The minimum Gasteiger partial charge on any atom is -0.457 e. The molecule has 1 N–H and O–H groups in total. The van der Waals surface area contributed by atoms with Gasteiger partial charge in [0.05, 0.1) is 17.8 Å². The first-order valence-corrected chi connectivity index (χ1v) is 11.6. The van der Waals surface area contributed by atoms with Gasteiger partial charge in [-0.3, -0.25) is 19.7 Å². The Kier molecular flexibility index (Phi) is 6.38. The van der Waals surface area contributed by atoms with Gasteiger partial charge in [0.2, 0.25) is 0 Å². The lowest BCUT2D eigenvalue weighted by Crippen LogP contribution is -2.50. The van der Waals surface area contributed by atoms with Crippen molar-refractivity contribution in [2.75, 3.05) is 32.7 Å². The molecule has 34 heavy (non-hydrogen) atoms.